The van der Waals surface area contributed by atoms with Crippen molar-refractivity contribution in [3.8, 4) is 0 Å². The van der Waals surface area contributed by atoms with Crippen LogP contribution >= 0.6 is 0 Å². The molecule has 0 saturated carbocycles. The molecule has 1 N–H and O–H groups in total. The second kappa shape index (κ2) is 4.88. The first-order valence-corrected chi connectivity index (χ1v) is 7.80. The third kappa shape index (κ3) is 2.44. The van der Waals surface area contributed by atoms with E-state index >= 15 is 0 Å². The maximum absolute atomic E-state index is 11.2. The first-order chi connectivity index (χ1) is 10.2. The minimum Gasteiger partial charge on any atom is -0.453 e. The highest BCUT2D eigenvalue weighted by atomic mass is 16.7. The van der Waals surface area contributed by atoms with Gasteiger partial charge in [-0.15, -0.1) is 0 Å². The summed E-state index contributed by atoms with van der Waals surface area (Å²) in [7, 11) is 0. The molecule has 2 aliphatic rings. The Morgan fingerprint density at radius 1 is 1.05 bits per heavy atom. The zero-order valence-corrected chi connectivity index (χ0v) is 13.7. The van der Waals surface area contributed by atoms with Crippen LogP contribution in [-0.4, -0.2) is 5.11 Å². The van der Waals surface area contributed by atoms with E-state index in [1.165, 1.54) is 5.57 Å². The fourth-order valence-electron chi connectivity index (χ4n) is 3.29. The summed E-state index contributed by atoms with van der Waals surface area (Å²) in [5.74, 6) is -0.870. The molecule has 0 fully saturated rings. The molecule has 1 aromatic rings. The Hall–Kier alpha value is -1.74. The third-order valence-corrected chi connectivity index (χ3v) is 4.68. The molecular formula is C19H24O3. The van der Waals surface area contributed by atoms with Gasteiger partial charge < -0.3 is 14.6 Å². The number of hydrogen-bond acceptors (Lipinski definition) is 3. The molecule has 1 heterocycles. The van der Waals surface area contributed by atoms with Crippen LogP contribution in [0.2, 0.25) is 0 Å². The Labute approximate surface area is 132 Å². The highest BCUT2D eigenvalue weighted by molar-refractivity contribution is 5.42. The van der Waals surface area contributed by atoms with Crippen LogP contribution in [-0.2, 0) is 20.9 Å². The first kappa shape index (κ1) is 15.2. The van der Waals surface area contributed by atoms with E-state index in [0.717, 1.165) is 17.5 Å². The van der Waals surface area contributed by atoms with Crippen molar-refractivity contribution in [3.05, 3.63) is 59.6 Å². The number of ether oxygens (including phenoxy) is 2. The number of allylic oxidation sites excluding steroid dienone is 1. The monoisotopic (exact) mass is 300 g/mol. The molecule has 0 radical (unpaired) electrons. The fraction of sp³-hybridized carbons (Fsp3) is 0.474. The van der Waals surface area contributed by atoms with Gasteiger partial charge in [0.2, 0.25) is 0 Å². The highest BCUT2D eigenvalue weighted by Crippen LogP contribution is 2.46. The van der Waals surface area contributed by atoms with Crippen molar-refractivity contribution in [2.75, 3.05) is 0 Å². The van der Waals surface area contributed by atoms with Gasteiger partial charge in [-0.1, -0.05) is 50.6 Å². The van der Waals surface area contributed by atoms with Crippen molar-refractivity contribution in [2.24, 2.45) is 5.41 Å². The summed E-state index contributed by atoms with van der Waals surface area (Å²) in [5, 5.41) is 11.2. The van der Waals surface area contributed by atoms with Gasteiger partial charge in [-0.2, -0.15) is 0 Å². The molecule has 0 saturated heterocycles. The molecule has 1 atom stereocenters. The number of benzene rings is 1. The van der Waals surface area contributed by atoms with Crippen molar-refractivity contribution >= 4 is 0 Å². The lowest BCUT2D eigenvalue weighted by Gasteiger charge is -2.31. The van der Waals surface area contributed by atoms with E-state index in [2.05, 4.69) is 20.8 Å². The van der Waals surface area contributed by atoms with Crippen LogP contribution in [0, 0.1) is 5.41 Å². The highest BCUT2D eigenvalue weighted by Gasteiger charge is 2.42. The van der Waals surface area contributed by atoms with Crippen molar-refractivity contribution in [1.29, 1.82) is 0 Å². The van der Waals surface area contributed by atoms with Crippen LogP contribution in [0.25, 0.3) is 0 Å². The molecule has 22 heavy (non-hydrogen) atoms. The summed E-state index contributed by atoms with van der Waals surface area (Å²) >= 11 is 0. The van der Waals surface area contributed by atoms with Crippen LogP contribution in [0.1, 0.15) is 51.7 Å². The number of aliphatic hydroxyl groups is 1. The van der Waals surface area contributed by atoms with Crippen molar-refractivity contribution in [2.45, 2.75) is 51.9 Å². The topological polar surface area (TPSA) is 38.7 Å². The van der Waals surface area contributed by atoms with Gasteiger partial charge in [0.15, 0.2) is 0 Å². The Morgan fingerprint density at radius 2 is 1.64 bits per heavy atom. The summed E-state index contributed by atoms with van der Waals surface area (Å²) in [6, 6.07) is 7.82. The number of rotatable bonds is 2. The lowest BCUT2D eigenvalue weighted by atomic mass is 9.85. The van der Waals surface area contributed by atoms with Crippen molar-refractivity contribution < 1.29 is 14.6 Å². The average Bonchev–Trinajstić information content (AvgIpc) is 3.07. The predicted octanol–water partition coefficient (Wildman–Crippen LogP) is 4.33. The predicted molar refractivity (Wildman–Crippen MR) is 85.8 cm³/mol. The van der Waals surface area contributed by atoms with Crippen molar-refractivity contribution in [1.82, 2.24) is 0 Å². The fourth-order valence-corrected chi connectivity index (χ4v) is 3.29. The first-order valence-electron chi connectivity index (χ1n) is 7.80. The normalized spacial score (nSPS) is 26.5. The zero-order valence-electron chi connectivity index (χ0n) is 13.7. The van der Waals surface area contributed by atoms with E-state index in [-0.39, 0.29) is 5.41 Å². The van der Waals surface area contributed by atoms with E-state index in [9.17, 15) is 5.11 Å². The average molecular weight is 300 g/mol. The SMILES string of the molecule is CC(C)(C)C1=CC(O)(c2ccccc2C2(C)OC=CO2)CC1. The van der Waals surface area contributed by atoms with E-state index in [4.69, 9.17) is 9.47 Å². The standard InChI is InChI=1S/C19H24O3/c1-17(2,3)14-9-10-19(20,13-14)16-8-6-5-7-15(16)18(4)21-11-12-22-18/h5-8,11-13,20H,9-10H2,1-4H3. The molecule has 1 aliphatic carbocycles. The van der Waals surface area contributed by atoms with Gasteiger partial charge in [0.1, 0.15) is 18.1 Å². The Morgan fingerprint density at radius 3 is 2.18 bits per heavy atom. The molecule has 3 heteroatoms. The quantitative estimate of drug-likeness (QED) is 0.826. The van der Waals surface area contributed by atoms with Crippen LogP contribution in [0.15, 0.2) is 48.4 Å². The lowest BCUT2D eigenvalue weighted by Crippen LogP contribution is -2.30. The van der Waals surface area contributed by atoms with Gasteiger partial charge in [-0.3, -0.25) is 0 Å². The zero-order chi connectivity index (χ0) is 16.0. The van der Waals surface area contributed by atoms with Crippen molar-refractivity contribution in [3.63, 3.8) is 0 Å². The molecule has 1 unspecified atom stereocenters. The largest absolute Gasteiger partial charge is 0.453 e. The number of hydrogen-bond donors (Lipinski definition) is 1. The van der Waals surface area contributed by atoms with Gasteiger partial charge in [0.05, 0.1) is 0 Å². The second-order valence-electron chi connectivity index (χ2n) is 7.34. The molecule has 0 bridgehead atoms. The molecular weight excluding hydrogens is 276 g/mol. The Bertz CT molecular complexity index is 628. The van der Waals surface area contributed by atoms with Crippen LogP contribution in [0.4, 0.5) is 0 Å². The third-order valence-electron chi connectivity index (χ3n) is 4.68. The molecule has 0 aromatic heterocycles. The van der Waals surface area contributed by atoms with Crippen LogP contribution in [0.3, 0.4) is 0 Å². The van der Waals surface area contributed by atoms with Gasteiger partial charge >= 0.3 is 0 Å². The van der Waals surface area contributed by atoms with Gasteiger partial charge in [0.25, 0.3) is 5.79 Å². The Kier molecular flexibility index (Phi) is 3.37. The van der Waals surface area contributed by atoms with Crippen LogP contribution in [0.5, 0.6) is 0 Å². The molecule has 0 amide bonds. The molecule has 3 rings (SSSR count). The Balaban J connectivity index is 2.05. The van der Waals surface area contributed by atoms with Crippen LogP contribution < -0.4 is 0 Å². The summed E-state index contributed by atoms with van der Waals surface area (Å²) in [6.07, 6.45) is 6.72. The van der Waals surface area contributed by atoms with E-state index < -0.39 is 11.4 Å². The summed E-state index contributed by atoms with van der Waals surface area (Å²) in [4.78, 5) is 0. The molecule has 1 aliphatic heterocycles. The van der Waals surface area contributed by atoms with E-state index in [0.29, 0.717) is 6.42 Å². The second-order valence-corrected chi connectivity index (χ2v) is 7.34. The minimum absolute atomic E-state index is 0.0746. The summed E-state index contributed by atoms with van der Waals surface area (Å²) in [6.45, 7) is 8.43. The maximum Gasteiger partial charge on any atom is 0.274 e. The minimum atomic E-state index is -0.961. The van der Waals surface area contributed by atoms with Gasteiger partial charge in [0, 0.05) is 12.5 Å². The lowest BCUT2D eigenvalue weighted by molar-refractivity contribution is -0.135. The molecule has 118 valence electrons. The van der Waals surface area contributed by atoms with Gasteiger partial charge in [-0.05, 0) is 29.9 Å². The smallest absolute Gasteiger partial charge is 0.274 e. The molecule has 0 spiro atoms. The maximum atomic E-state index is 11.2. The summed E-state index contributed by atoms with van der Waals surface area (Å²) in [5.41, 5.74) is 2.14. The van der Waals surface area contributed by atoms with E-state index in [1.54, 1.807) is 12.5 Å². The van der Waals surface area contributed by atoms with Gasteiger partial charge in [-0.25, -0.2) is 0 Å². The van der Waals surface area contributed by atoms with E-state index in [1.807, 2.05) is 37.3 Å². The molecule has 3 nitrogen and oxygen atoms in total. The summed E-state index contributed by atoms with van der Waals surface area (Å²) < 4.78 is 11.3. The molecule has 1 aromatic carbocycles.